The fourth-order valence-corrected chi connectivity index (χ4v) is 4.59. The third kappa shape index (κ3) is 4.31. The normalized spacial score (nSPS) is 21.5. The average molecular weight is 438 g/mol. The van der Waals surface area contributed by atoms with Gasteiger partial charge in [0.05, 0.1) is 12.2 Å². The van der Waals surface area contributed by atoms with Gasteiger partial charge in [0.25, 0.3) is 11.7 Å². The number of carbonyl (C=O) groups excluding carboxylic acids is 2. The van der Waals surface area contributed by atoms with Crippen LogP contribution in [0.15, 0.2) is 46.4 Å². The molecule has 1 aromatic heterocycles. The Balaban J connectivity index is 1.73. The number of ketones is 1. The second-order valence-corrected chi connectivity index (χ2v) is 9.18. The van der Waals surface area contributed by atoms with Gasteiger partial charge < -0.3 is 19.2 Å². The number of amides is 1. The van der Waals surface area contributed by atoms with Crippen molar-refractivity contribution in [2.45, 2.75) is 65.0 Å². The van der Waals surface area contributed by atoms with Gasteiger partial charge in [-0.05, 0) is 62.1 Å². The highest BCUT2D eigenvalue weighted by Crippen LogP contribution is 2.43. The molecule has 0 spiro atoms. The summed E-state index contributed by atoms with van der Waals surface area (Å²) in [6, 6.07) is 9.81. The number of benzene rings is 1. The van der Waals surface area contributed by atoms with E-state index in [1.54, 1.807) is 35.2 Å². The third-order valence-electron chi connectivity index (χ3n) is 6.19. The topological polar surface area (TPSA) is 80.0 Å². The van der Waals surface area contributed by atoms with Crippen molar-refractivity contribution in [1.82, 2.24) is 4.90 Å². The maximum atomic E-state index is 13.1. The summed E-state index contributed by atoms with van der Waals surface area (Å²) in [5, 5.41) is 11.2. The summed E-state index contributed by atoms with van der Waals surface area (Å²) in [6.07, 6.45) is 4.89. The van der Waals surface area contributed by atoms with Gasteiger partial charge in [0, 0.05) is 11.6 Å². The summed E-state index contributed by atoms with van der Waals surface area (Å²) in [7, 11) is 0. The van der Waals surface area contributed by atoms with E-state index in [4.69, 9.17) is 9.15 Å². The number of Topliss-reactive ketones (excluding diaryl/α,β-unsaturated/α-hetero) is 1. The molecule has 32 heavy (non-hydrogen) atoms. The highest BCUT2D eigenvalue weighted by Gasteiger charge is 2.50. The Morgan fingerprint density at radius 2 is 1.78 bits per heavy atom. The van der Waals surface area contributed by atoms with E-state index in [0.29, 0.717) is 35.4 Å². The number of hydrogen-bond donors (Lipinski definition) is 1. The van der Waals surface area contributed by atoms with Crippen molar-refractivity contribution in [3.63, 3.8) is 0 Å². The number of ether oxygens (including phenoxy) is 1. The Bertz CT molecular complexity index is 1010. The maximum absolute atomic E-state index is 13.1. The van der Waals surface area contributed by atoms with Crippen LogP contribution in [0, 0.1) is 12.8 Å². The SMILES string of the molecule is Cc1ccc(C2/C(=C(/O)c3ccc(OCC(C)C)cc3)C(=O)C(=O)N2C2CCCCC2)o1. The first-order valence-corrected chi connectivity index (χ1v) is 11.5. The van der Waals surface area contributed by atoms with Gasteiger partial charge in [-0.25, -0.2) is 0 Å². The molecule has 2 aromatic rings. The number of aliphatic hydroxyl groups excluding tert-OH is 1. The minimum absolute atomic E-state index is 0.0345. The first kappa shape index (κ1) is 22.2. The van der Waals surface area contributed by atoms with Crippen LogP contribution < -0.4 is 4.74 Å². The van der Waals surface area contributed by atoms with E-state index in [1.165, 1.54) is 0 Å². The third-order valence-corrected chi connectivity index (χ3v) is 6.19. The summed E-state index contributed by atoms with van der Waals surface area (Å²) in [4.78, 5) is 27.9. The van der Waals surface area contributed by atoms with Gasteiger partial charge in [-0.1, -0.05) is 33.1 Å². The number of furan rings is 1. The van der Waals surface area contributed by atoms with Gasteiger partial charge in [0.2, 0.25) is 0 Å². The maximum Gasteiger partial charge on any atom is 0.296 e. The predicted octanol–water partition coefficient (Wildman–Crippen LogP) is 5.38. The van der Waals surface area contributed by atoms with Crippen LogP contribution in [0.5, 0.6) is 5.75 Å². The predicted molar refractivity (Wildman–Crippen MR) is 121 cm³/mol. The zero-order valence-electron chi connectivity index (χ0n) is 19.0. The van der Waals surface area contributed by atoms with Gasteiger partial charge in [0.15, 0.2) is 0 Å². The lowest BCUT2D eigenvalue weighted by molar-refractivity contribution is -0.142. The second kappa shape index (κ2) is 9.23. The van der Waals surface area contributed by atoms with Gasteiger partial charge in [-0.2, -0.15) is 0 Å². The number of aliphatic hydroxyl groups is 1. The first-order valence-electron chi connectivity index (χ1n) is 11.5. The van der Waals surface area contributed by atoms with Crippen LogP contribution in [0.3, 0.4) is 0 Å². The fraction of sp³-hybridized carbons (Fsp3) is 0.462. The Labute approximate surface area is 188 Å². The summed E-state index contributed by atoms with van der Waals surface area (Å²) in [5.74, 6) is 0.885. The lowest BCUT2D eigenvalue weighted by atomic mass is 9.92. The molecule has 1 aromatic carbocycles. The molecule has 6 nitrogen and oxygen atoms in total. The number of hydrogen-bond acceptors (Lipinski definition) is 5. The second-order valence-electron chi connectivity index (χ2n) is 9.18. The number of rotatable bonds is 6. The van der Waals surface area contributed by atoms with Gasteiger partial charge in [0.1, 0.15) is 29.1 Å². The van der Waals surface area contributed by atoms with Crippen LogP contribution in [0.4, 0.5) is 0 Å². The van der Waals surface area contributed by atoms with Crippen molar-refractivity contribution in [2.75, 3.05) is 6.61 Å². The molecule has 2 fully saturated rings. The van der Waals surface area contributed by atoms with E-state index in [0.717, 1.165) is 32.1 Å². The largest absolute Gasteiger partial charge is 0.507 e. The van der Waals surface area contributed by atoms with Crippen molar-refractivity contribution in [3.05, 3.63) is 59.1 Å². The Hall–Kier alpha value is -3.02. The van der Waals surface area contributed by atoms with Crippen molar-refractivity contribution in [2.24, 2.45) is 5.92 Å². The monoisotopic (exact) mass is 437 g/mol. The van der Waals surface area contributed by atoms with Crippen molar-refractivity contribution >= 4 is 17.4 Å². The average Bonchev–Trinajstić information content (AvgIpc) is 3.33. The molecular weight excluding hydrogens is 406 g/mol. The molecule has 2 aliphatic rings. The smallest absolute Gasteiger partial charge is 0.296 e. The van der Waals surface area contributed by atoms with Crippen molar-refractivity contribution in [1.29, 1.82) is 0 Å². The van der Waals surface area contributed by atoms with E-state index in [9.17, 15) is 14.7 Å². The number of aryl methyl sites for hydroxylation is 1. The molecule has 1 N–H and O–H groups in total. The minimum atomic E-state index is -0.719. The quantitative estimate of drug-likeness (QED) is 0.373. The zero-order chi connectivity index (χ0) is 22.8. The Kier molecular flexibility index (Phi) is 6.40. The van der Waals surface area contributed by atoms with E-state index in [2.05, 4.69) is 13.8 Å². The highest BCUT2D eigenvalue weighted by molar-refractivity contribution is 6.46. The van der Waals surface area contributed by atoms with Crippen LogP contribution in [-0.2, 0) is 9.59 Å². The lowest BCUT2D eigenvalue weighted by Gasteiger charge is -2.34. The minimum Gasteiger partial charge on any atom is -0.507 e. The van der Waals surface area contributed by atoms with Gasteiger partial charge in [-0.3, -0.25) is 9.59 Å². The molecular formula is C26H31NO5. The molecule has 1 saturated heterocycles. The van der Waals surface area contributed by atoms with Gasteiger partial charge >= 0.3 is 0 Å². The molecule has 1 amide bonds. The summed E-state index contributed by atoms with van der Waals surface area (Å²) < 4.78 is 11.6. The molecule has 1 atom stereocenters. The summed E-state index contributed by atoms with van der Waals surface area (Å²) >= 11 is 0. The number of likely N-dealkylation sites (tertiary alicyclic amines) is 1. The molecule has 6 heteroatoms. The molecule has 1 unspecified atom stereocenters. The molecule has 1 saturated carbocycles. The van der Waals surface area contributed by atoms with Gasteiger partial charge in [-0.15, -0.1) is 0 Å². The van der Waals surface area contributed by atoms with Crippen LogP contribution in [0.2, 0.25) is 0 Å². The molecule has 1 aliphatic carbocycles. The van der Waals surface area contributed by atoms with E-state index in [1.807, 2.05) is 13.0 Å². The molecule has 0 radical (unpaired) electrons. The lowest BCUT2D eigenvalue weighted by Crippen LogP contribution is -2.40. The standard InChI is InChI=1S/C26H31NO5/c1-16(2)15-31-20-12-10-18(11-13-20)24(28)22-23(21-14-9-17(3)32-21)27(26(30)25(22)29)19-7-5-4-6-8-19/h9-14,16,19,23,28H,4-8,15H2,1-3H3/b24-22-. The number of carbonyl (C=O) groups is 2. The highest BCUT2D eigenvalue weighted by atomic mass is 16.5. The number of nitrogens with zero attached hydrogens (tertiary/aromatic N) is 1. The fourth-order valence-electron chi connectivity index (χ4n) is 4.59. The molecule has 4 rings (SSSR count). The van der Waals surface area contributed by atoms with Crippen LogP contribution >= 0.6 is 0 Å². The first-order chi connectivity index (χ1) is 15.4. The molecule has 0 bridgehead atoms. The Morgan fingerprint density at radius 1 is 1.09 bits per heavy atom. The Morgan fingerprint density at radius 3 is 2.38 bits per heavy atom. The van der Waals surface area contributed by atoms with Crippen LogP contribution in [-0.4, -0.2) is 34.3 Å². The van der Waals surface area contributed by atoms with Crippen molar-refractivity contribution < 1.29 is 23.8 Å². The van der Waals surface area contributed by atoms with Crippen molar-refractivity contribution in [3.8, 4) is 5.75 Å². The molecule has 2 heterocycles. The summed E-state index contributed by atoms with van der Waals surface area (Å²) in [6.45, 7) is 6.56. The van der Waals surface area contributed by atoms with E-state index < -0.39 is 17.7 Å². The summed E-state index contributed by atoms with van der Waals surface area (Å²) in [5.41, 5.74) is 0.558. The molecule has 1 aliphatic heterocycles. The van der Waals surface area contributed by atoms with E-state index in [-0.39, 0.29) is 17.4 Å². The van der Waals surface area contributed by atoms with Crippen LogP contribution in [0.25, 0.3) is 5.76 Å². The zero-order valence-corrected chi connectivity index (χ0v) is 19.0. The molecule has 170 valence electrons. The van der Waals surface area contributed by atoms with Crippen LogP contribution in [0.1, 0.15) is 69.1 Å². The van der Waals surface area contributed by atoms with E-state index >= 15 is 0 Å².